The van der Waals surface area contributed by atoms with E-state index < -0.39 is 29.9 Å². The number of hydrogen-bond acceptors (Lipinski definition) is 7. The molecule has 1 aromatic heterocycles. The largest absolute Gasteiger partial charge is 0.454 e. The van der Waals surface area contributed by atoms with Gasteiger partial charge in [-0.3, -0.25) is 14.5 Å². The minimum atomic E-state index is -1.34. The van der Waals surface area contributed by atoms with E-state index in [1.807, 2.05) is 0 Å². The number of nitrogens with one attached hydrogen (secondary N) is 2. The number of carbonyl (C=O) groups excluding carboxylic acids is 3. The molecule has 10 heteroatoms. The van der Waals surface area contributed by atoms with E-state index in [0.717, 1.165) is 34.6 Å². The number of ether oxygens (including phenoxy) is 2. The Kier molecular flexibility index (Phi) is 5.01. The van der Waals surface area contributed by atoms with Crippen LogP contribution in [0.5, 0.6) is 11.5 Å². The summed E-state index contributed by atoms with van der Waals surface area (Å²) in [5.74, 6) is 0.521. The highest BCUT2D eigenvalue weighted by Crippen LogP contribution is 2.40. The lowest BCUT2D eigenvalue weighted by atomic mass is 9.89. The second-order valence-corrected chi connectivity index (χ2v) is 9.84. The molecule has 1 aliphatic carbocycles. The van der Waals surface area contributed by atoms with E-state index >= 15 is 0 Å². The Morgan fingerprint density at radius 2 is 2.15 bits per heavy atom. The lowest BCUT2D eigenvalue weighted by Gasteiger charge is -2.22. The number of amides is 4. The van der Waals surface area contributed by atoms with Gasteiger partial charge in [-0.1, -0.05) is 13.0 Å². The van der Waals surface area contributed by atoms with Gasteiger partial charge in [0.05, 0.1) is 5.56 Å². The van der Waals surface area contributed by atoms with Crippen molar-refractivity contribution < 1.29 is 23.9 Å². The molecule has 4 amide bonds. The van der Waals surface area contributed by atoms with Crippen molar-refractivity contribution in [3.8, 4) is 17.6 Å². The molecule has 2 atom stereocenters. The number of nitriles is 1. The summed E-state index contributed by atoms with van der Waals surface area (Å²) in [6.07, 6.45) is 2.70. The molecule has 3 heterocycles. The highest BCUT2D eigenvalue weighted by atomic mass is 32.1. The van der Waals surface area contributed by atoms with Gasteiger partial charge in [0.25, 0.3) is 5.91 Å². The van der Waals surface area contributed by atoms with Crippen molar-refractivity contribution in [3.05, 3.63) is 39.8 Å². The van der Waals surface area contributed by atoms with Crippen LogP contribution >= 0.6 is 11.3 Å². The van der Waals surface area contributed by atoms with Gasteiger partial charge in [-0.05, 0) is 55.4 Å². The Balaban J connectivity index is 1.33. The van der Waals surface area contributed by atoms with Crippen molar-refractivity contribution in [3.63, 3.8) is 0 Å². The first-order valence-electron chi connectivity index (χ1n) is 10.7. The van der Waals surface area contributed by atoms with E-state index in [4.69, 9.17) is 9.47 Å². The number of carbonyl (C=O) groups is 3. The van der Waals surface area contributed by atoms with Gasteiger partial charge in [-0.15, -0.1) is 11.3 Å². The van der Waals surface area contributed by atoms with Gasteiger partial charge in [0, 0.05) is 4.88 Å². The summed E-state index contributed by atoms with van der Waals surface area (Å²) in [5.41, 5.74) is 0.674. The number of benzene rings is 1. The van der Waals surface area contributed by atoms with Gasteiger partial charge in [0.15, 0.2) is 11.5 Å². The maximum absolute atomic E-state index is 13.2. The van der Waals surface area contributed by atoms with Crippen LogP contribution in [-0.2, 0) is 28.0 Å². The molecule has 1 fully saturated rings. The van der Waals surface area contributed by atoms with Crippen LogP contribution in [0.4, 0.5) is 9.80 Å². The molecule has 5 rings (SSSR count). The first-order chi connectivity index (χ1) is 15.8. The molecule has 0 spiro atoms. The van der Waals surface area contributed by atoms with Crippen LogP contribution in [0.2, 0.25) is 0 Å². The van der Waals surface area contributed by atoms with E-state index in [9.17, 15) is 19.6 Å². The van der Waals surface area contributed by atoms with Crippen molar-refractivity contribution in [1.82, 2.24) is 10.2 Å². The fourth-order valence-electron chi connectivity index (χ4n) is 4.51. The second-order valence-electron chi connectivity index (χ2n) is 8.73. The van der Waals surface area contributed by atoms with Crippen LogP contribution in [0.3, 0.4) is 0 Å². The molecule has 170 valence electrons. The SMILES string of the molecule is C[C@H]1CCc2c(sc(NC(=O)CN3C(=O)N[C@@](C)(c4ccc5c(c4)OCO5)C3=O)c2C#N)C1. The molecule has 2 N–H and O–H groups in total. The molecule has 1 aromatic carbocycles. The Bertz CT molecular complexity index is 1230. The van der Waals surface area contributed by atoms with E-state index in [0.29, 0.717) is 33.5 Å². The summed E-state index contributed by atoms with van der Waals surface area (Å²) in [7, 11) is 0. The van der Waals surface area contributed by atoms with Gasteiger partial charge < -0.3 is 20.1 Å². The number of thiophene rings is 1. The van der Waals surface area contributed by atoms with E-state index in [1.54, 1.807) is 25.1 Å². The Labute approximate surface area is 194 Å². The van der Waals surface area contributed by atoms with Crippen LogP contribution in [0.1, 0.15) is 41.8 Å². The maximum Gasteiger partial charge on any atom is 0.325 e. The third-order valence-corrected chi connectivity index (χ3v) is 7.57. The molecule has 2 aromatic rings. The van der Waals surface area contributed by atoms with E-state index in [-0.39, 0.29) is 6.79 Å². The third-order valence-electron chi connectivity index (χ3n) is 6.40. The lowest BCUT2D eigenvalue weighted by Crippen LogP contribution is -2.42. The molecule has 2 aliphatic heterocycles. The van der Waals surface area contributed by atoms with Gasteiger partial charge in [0.1, 0.15) is 23.2 Å². The summed E-state index contributed by atoms with van der Waals surface area (Å²) in [4.78, 5) is 40.6. The minimum absolute atomic E-state index is 0.0951. The highest BCUT2D eigenvalue weighted by Gasteiger charge is 2.50. The summed E-state index contributed by atoms with van der Waals surface area (Å²) in [5, 5.41) is 15.5. The second kappa shape index (κ2) is 7.78. The average Bonchev–Trinajstić information content (AvgIpc) is 3.44. The molecule has 0 saturated carbocycles. The molecule has 9 nitrogen and oxygen atoms in total. The van der Waals surface area contributed by atoms with Crippen LogP contribution in [0, 0.1) is 17.2 Å². The number of urea groups is 1. The molecular weight excluding hydrogens is 444 g/mol. The van der Waals surface area contributed by atoms with Crippen LogP contribution in [0.25, 0.3) is 0 Å². The summed E-state index contributed by atoms with van der Waals surface area (Å²) in [6.45, 7) is 3.40. The number of hydrogen-bond donors (Lipinski definition) is 2. The zero-order valence-electron chi connectivity index (χ0n) is 18.2. The standard InChI is InChI=1S/C23H22N4O5S/c1-12-3-5-14-15(9-24)20(33-18(14)7-12)25-19(28)10-27-21(29)23(2,26-22(27)30)13-4-6-16-17(8-13)32-11-31-16/h4,6,8,12H,3,5,7,10-11H2,1-2H3,(H,25,28)(H,26,30)/t12-,23-/m0/s1. The zero-order chi connectivity index (χ0) is 23.3. The number of nitrogens with zero attached hydrogens (tertiary/aromatic N) is 2. The lowest BCUT2D eigenvalue weighted by molar-refractivity contribution is -0.133. The zero-order valence-corrected chi connectivity index (χ0v) is 19.0. The number of anilines is 1. The Hall–Kier alpha value is -3.58. The molecule has 0 radical (unpaired) electrons. The van der Waals surface area contributed by atoms with Gasteiger partial charge in [-0.25, -0.2) is 4.79 Å². The Morgan fingerprint density at radius 1 is 1.36 bits per heavy atom. The summed E-state index contributed by atoms with van der Waals surface area (Å²) >= 11 is 1.40. The summed E-state index contributed by atoms with van der Waals surface area (Å²) < 4.78 is 10.7. The monoisotopic (exact) mass is 466 g/mol. The van der Waals surface area contributed by atoms with Crippen molar-refractivity contribution in [2.45, 2.75) is 38.6 Å². The average molecular weight is 467 g/mol. The van der Waals surface area contributed by atoms with Crippen molar-refractivity contribution in [1.29, 1.82) is 5.26 Å². The smallest absolute Gasteiger partial charge is 0.325 e. The quantitative estimate of drug-likeness (QED) is 0.669. The summed E-state index contributed by atoms with van der Waals surface area (Å²) in [6, 6.07) is 6.57. The van der Waals surface area contributed by atoms with Crippen molar-refractivity contribution in [2.75, 3.05) is 18.7 Å². The molecule has 3 aliphatic rings. The van der Waals surface area contributed by atoms with Crippen molar-refractivity contribution >= 4 is 34.2 Å². The normalized spacial score (nSPS) is 23.2. The Morgan fingerprint density at radius 3 is 2.94 bits per heavy atom. The van der Waals surface area contributed by atoms with Gasteiger partial charge >= 0.3 is 6.03 Å². The molecular formula is C23H22N4O5S. The number of rotatable bonds is 4. The van der Waals surface area contributed by atoms with E-state index in [1.165, 1.54) is 11.3 Å². The van der Waals surface area contributed by atoms with E-state index in [2.05, 4.69) is 23.6 Å². The predicted molar refractivity (Wildman–Crippen MR) is 119 cm³/mol. The first kappa shape index (κ1) is 21.3. The molecule has 0 unspecified atom stereocenters. The fraction of sp³-hybridized carbons (Fsp3) is 0.391. The van der Waals surface area contributed by atoms with Gasteiger partial charge in [0.2, 0.25) is 12.7 Å². The predicted octanol–water partition coefficient (Wildman–Crippen LogP) is 2.88. The van der Waals surface area contributed by atoms with Crippen LogP contribution in [0.15, 0.2) is 18.2 Å². The minimum Gasteiger partial charge on any atom is -0.454 e. The topological polar surface area (TPSA) is 121 Å². The van der Waals surface area contributed by atoms with Crippen LogP contribution in [-0.4, -0.2) is 36.1 Å². The van der Waals surface area contributed by atoms with Gasteiger partial charge in [-0.2, -0.15) is 5.26 Å². The number of fused-ring (bicyclic) bond motifs is 2. The van der Waals surface area contributed by atoms with Crippen molar-refractivity contribution in [2.24, 2.45) is 5.92 Å². The number of imide groups is 1. The highest BCUT2D eigenvalue weighted by molar-refractivity contribution is 7.16. The van der Waals surface area contributed by atoms with Crippen LogP contribution < -0.4 is 20.1 Å². The third kappa shape index (κ3) is 3.49. The molecule has 33 heavy (non-hydrogen) atoms. The first-order valence-corrected chi connectivity index (χ1v) is 11.5. The molecule has 1 saturated heterocycles. The fourth-order valence-corrected chi connectivity index (χ4v) is 5.89. The molecule has 0 bridgehead atoms. The maximum atomic E-state index is 13.2.